The second-order valence-corrected chi connectivity index (χ2v) is 4.32. The van der Waals surface area contributed by atoms with E-state index >= 15 is 0 Å². The fraction of sp³-hybridized carbons (Fsp3) is 0.500. The highest BCUT2D eigenvalue weighted by Crippen LogP contribution is 2.12. The van der Waals surface area contributed by atoms with Crippen LogP contribution in [0.3, 0.4) is 0 Å². The molecule has 0 bridgehead atoms. The number of nitrogens with zero attached hydrogens (tertiary/aromatic N) is 1. The summed E-state index contributed by atoms with van der Waals surface area (Å²) in [6.45, 7) is 2.85. The van der Waals surface area contributed by atoms with Gasteiger partial charge in [0.25, 0.3) is 0 Å². The molecule has 0 saturated heterocycles. The highest BCUT2D eigenvalue weighted by molar-refractivity contribution is 5.36. The van der Waals surface area contributed by atoms with Crippen LogP contribution in [0.25, 0.3) is 0 Å². The smallest absolute Gasteiger partial charge is 0.120 e. The van der Waals surface area contributed by atoms with Crippen molar-refractivity contribution in [3.8, 4) is 11.8 Å². The second kappa shape index (κ2) is 8.48. The van der Waals surface area contributed by atoms with Crippen LogP contribution in [0.5, 0.6) is 5.75 Å². The molecule has 0 amide bonds. The fourth-order valence-corrected chi connectivity index (χ4v) is 1.47. The quantitative estimate of drug-likeness (QED) is 0.642. The van der Waals surface area contributed by atoms with Crippen molar-refractivity contribution in [1.82, 2.24) is 5.32 Å². The Balaban J connectivity index is 2.26. The highest BCUT2D eigenvalue weighted by atomic mass is 16.5. The number of rotatable bonds is 8. The Morgan fingerprint density at radius 1 is 1.32 bits per heavy atom. The van der Waals surface area contributed by atoms with Crippen molar-refractivity contribution < 1.29 is 14.9 Å². The molecule has 0 radical (unpaired) electrons. The number of benzene rings is 1. The third kappa shape index (κ3) is 6.20. The lowest BCUT2D eigenvalue weighted by molar-refractivity contribution is 0.0991. The van der Waals surface area contributed by atoms with Crippen LogP contribution in [0.1, 0.15) is 18.9 Å². The average molecular weight is 264 g/mol. The molecule has 0 fully saturated rings. The van der Waals surface area contributed by atoms with Crippen molar-refractivity contribution >= 4 is 0 Å². The van der Waals surface area contributed by atoms with Gasteiger partial charge in [-0.3, -0.25) is 0 Å². The van der Waals surface area contributed by atoms with Crippen molar-refractivity contribution in [3.63, 3.8) is 0 Å². The number of aliphatic hydroxyl groups excluding tert-OH is 2. The summed E-state index contributed by atoms with van der Waals surface area (Å²) in [5.41, 5.74) is 0.524. The van der Waals surface area contributed by atoms with E-state index in [2.05, 4.69) is 5.32 Å². The molecule has 2 unspecified atom stereocenters. The highest BCUT2D eigenvalue weighted by Gasteiger charge is 2.07. The van der Waals surface area contributed by atoms with Crippen LogP contribution >= 0.6 is 0 Å². The van der Waals surface area contributed by atoms with Crippen molar-refractivity contribution in [3.05, 3.63) is 29.8 Å². The van der Waals surface area contributed by atoms with E-state index in [1.165, 1.54) is 0 Å². The molecule has 0 aliphatic carbocycles. The summed E-state index contributed by atoms with van der Waals surface area (Å²) < 4.78 is 5.39. The molecule has 1 aromatic carbocycles. The number of nitrogens with one attached hydrogen (secondary N) is 1. The Bertz CT molecular complexity index is 417. The zero-order chi connectivity index (χ0) is 14.1. The molecule has 5 nitrogen and oxygen atoms in total. The Hall–Kier alpha value is -1.61. The van der Waals surface area contributed by atoms with Crippen LogP contribution in [-0.4, -0.2) is 42.1 Å². The maximum Gasteiger partial charge on any atom is 0.120 e. The molecule has 0 heterocycles. The van der Waals surface area contributed by atoms with E-state index in [1.807, 2.05) is 13.0 Å². The monoisotopic (exact) mass is 264 g/mol. The average Bonchev–Trinajstić information content (AvgIpc) is 2.45. The SMILES string of the molecule is CCC(O)CNCC(O)COc1cccc(C#N)c1. The summed E-state index contributed by atoms with van der Waals surface area (Å²) in [6.07, 6.45) is -0.365. The first-order valence-electron chi connectivity index (χ1n) is 6.35. The van der Waals surface area contributed by atoms with Gasteiger partial charge in [-0.2, -0.15) is 5.26 Å². The minimum absolute atomic E-state index is 0.143. The van der Waals surface area contributed by atoms with Crippen molar-refractivity contribution in [2.24, 2.45) is 0 Å². The van der Waals surface area contributed by atoms with E-state index < -0.39 is 6.10 Å². The molecule has 0 aliphatic rings. The Kier molecular flexibility index (Phi) is 6.90. The van der Waals surface area contributed by atoms with Gasteiger partial charge in [0.15, 0.2) is 0 Å². The number of hydrogen-bond acceptors (Lipinski definition) is 5. The van der Waals surface area contributed by atoms with E-state index in [-0.39, 0.29) is 12.7 Å². The number of nitriles is 1. The van der Waals surface area contributed by atoms with Crippen LogP contribution in [0.15, 0.2) is 24.3 Å². The maximum absolute atomic E-state index is 9.69. The molecule has 0 saturated carbocycles. The molecule has 2 atom stereocenters. The van der Waals surface area contributed by atoms with Gasteiger partial charge in [-0.25, -0.2) is 0 Å². The first kappa shape index (κ1) is 15.4. The minimum atomic E-state index is -0.658. The summed E-state index contributed by atoms with van der Waals surface area (Å²) in [5, 5.41) is 30.7. The predicted octanol–water partition coefficient (Wildman–Crippen LogP) is 0.658. The normalized spacial score (nSPS) is 13.6. The topological polar surface area (TPSA) is 85.5 Å². The van der Waals surface area contributed by atoms with Crippen LogP contribution in [-0.2, 0) is 0 Å². The summed E-state index contributed by atoms with van der Waals surface area (Å²) in [5.74, 6) is 0.562. The first-order chi connectivity index (χ1) is 9.15. The summed E-state index contributed by atoms with van der Waals surface area (Å²) in [7, 11) is 0. The molecule has 0 aliphatic heterocycles. The minimum Gasteiger partial charge on any atom is -0.491 e. The molecule has 19 heavy (non-hydrogen) atoms. The molecule has 3 N–H and O–H groups in total. The molecule has 0 aromatic heterocycles. The van der Waals surface area contributed by atoms with Gasteiger partial charge in [0.1, 0.15) is 18.5 Å². The van der Waals surface area contributed by atoms with Crippen LogP contribution < -0.4 is 10.1 Å². The van der Waals surface area contributed by atoms with E-state index in [0.717, 1.165) is 0 Å². The lowest BCUT2D eigenvalue weighted by Crippen LogP contribution is -2.35. The van der Waals surface area contributed by atoms with E-state index in [9.17, 15) is 10.2 Å². The van der Waals surface area contributed by atoms with Crippen molar-refractivity contribution in [1.29, 1.82) is 5.26 Å². The van der Waals surface area contributed by atoms with Gasteiger partial charge in [-0.15, -0.1) is 0 Å². The summed E-state index contributed by atoms with van der Waals surface area (Å²) in [4.78, 5) is 0. The summed E-state index contributed by atoms with van der Waals surface area (Å²) >= 11 is 0. The van der Waals surface area contributed by atoms with Crippen LogP contribution in [0.4, 0.5) is 0 Å². The van der Waals surface area contributed by atoms with Gasteiger partial charge in [0.05, 0.1) is 17.7 Å². The number of aliphatic hydroxyl groups is 2. The zero-order valence-corrected chi connectivity index (χ0v) is 11.0. The van der Waals surface area contributed by atoms with Gasteiger partial charge >= 0.3 is 0 Å². The lowest BCUT2D eigenvalue weighted by Gasteiger charge is -2.14. The lowest BCUT2D eigenvalue weighted by atomic mass is 10.2. The maximum atomic E-state index is 9.69. The van der Waals surface area contributed by atoms with E-state index in [0.29, 0.717) is 30.8 Å². The molecular formula is C14H20N2O3. The Morgan fingerprint density at radius 3 is 2.74 bits per heavy atom. The van der Waals surface area contributed by atoms with Crippen LogP contribution in [0.2, 0.25) is 0 Å². The second-order valence-electron chi connectivity index (χ2n) is 4.32. The zero-order valence-electron chi connectivity index (χ0n) is 11.0. The fourth-order valence-electron chi connectivity index (χ4n) is 1.47. The van der Waals surface area contributed by atoms with Gasteiger partial charge in [-0.1, -0.05) is 13.0 Å². The van der Waals surface area contributed by atoms with Crippen molar-refractivity contribution in [2.75, 3.05) is 19.7 Å². The van der Waals surface area contributed by atoms with E-state index in [4.69, 9.17) is 10.00 Å². The molecule has 5 heteroatoms. The van der Waals surface area contributed by atoms with Gasteiger partial charge < -0.3 is 20.3 Å². The molecule has 104 valence electrons. The number of hydrogen-bond donors (Lipinski definition) is 3. The third-order valence-electron chi connectivity index (χ3n) is 2.64. The number of ether oxygens (including phenoxy) is 1. The van der Waals surface area contributed by atoms with Gasteiger partial charge in [0.2, 0.25) is 0 Å². The Morgan fingerprint density at radius 2 is 2.05 bits per heavy atom. The molecule has 0 spiro atoms. The van der Waals surface area contributed by atoms with Gasteiger partial charge in [0, 0.05) is 13.1 Å². The third-order valence-corrected chi connectivity index (χ3v) is 2.64. The van der Waals surface area contributed by atoms with E-state index in [1.54, 1.807) is 24.3 Å². The molecular weight excluding hydrogens is 244 g/mol. The van der Waals surface area contributed by atoms with Crippen LogP contribution in [0, 0.1) is 11.3 Å². The Labute approximate surface area is 113 Å². The first-order valence-corrected chi connectivity index (χ1v) is 6.35. The molecule has 1 aromatic rings. The van der Waals surface area contributed by atoms with Crippen molar-refractivity contribution in [2.45, 2.75) is 25.6 Å². The molecule has 1 rings (SSSR count). The largest absolute Gasteiger partial charge is 0.491 e. The summed E-state index contributed by atoms with van der Waals surface area (Å²) in [6, 6.07) is 8.81. The standard InChI is InChI=1S/C14H20N2O3/c1-2-12(17)8-16-9-13(18)10-19-14-5-3-4-11(6-14)7-15/h3-6,12-13,16-18H,2,8-10H2,1H3. The van der Waals surface area contributed by atoms with Gasteiger partial charge in [-0.05, 0) is 24.6 Å². The predicted molar refractivity (Wildman–Crippen MR) is 71.8 cm³/mol.